The quantitative estimate of drug-likeness (QED) is 0.665. The molecule has 0 atom stereocenters. The van der Waals surface area contributed by atoms with Gasteiger partial charge in [0.25, 0.3) is 0 Å². The highest BCUT2D eigenvalue weighted by Crippen LogP contribution is 2.18. The van der Waals surface area contributed by atoms with E-state index in [1.165, 1.54) is 24.9 Å². The largest absolute Gasteiger partial charge is 0.405 e. The van der Waals surface area contributed by atoms with Gasteiger partial charge in [-0.05, 0) is 40.3 Å². The van der Waals surface area contributed by atoms with Crippen LogP contribution in [-0.4, -0.2) is 31.3 Å². The minimum atomic E-state index is 0. The van der Waals surface area contributed by atoms with Gasteiger partial charge in [-0.25, -0.2) is 0 Å². The summed E-state index contributed by atoms with van der Waals surface area (Å²) >= 11 is 0. The van der Waals surface area contributed by atoms with Gasteiger partial charge < -0.3 is 10.6 Å². The summed E-state index contributed by atoms with van der Waals surface area (Å²) in [6, 6.07) is 0. The van der Waals surface area contributed by atoms with E-state index in [1.807, 2.05) is 13.8 Å². The molecule has 3 heteroatoms. The fourth-order valence-electron chi connectivity index (χ4n) is 1.01. The van der Waals surface area contributed by atoms with Crippen molar-refractivity contribution in [2.45, 2.75) is 49.0 Å². The second-order valence-corrected chi connectivity index (χ2v) is 3.94. The summed E-state index contributed by atoms with van der Waals surface area (Å²) in [5, 5.41) is 0. The average Bonchev–Trinajstić information content (AvgIpc) is 2.52. The van der Waals surface area contributed by atoms with Crippen molar-refractivity contribution in [3.63, 3.8) is 0 Å². The highest BCUT2D eigenvalue weighted by molar-refractivity contribution is 5.78. The van der Waals surface area contributed by atoms with Crippen molar-refractivity contribution in [3.8, 4) is 0 Å². The molecular weight excluding hydrogens is 222 g/mol. The lowest BCUT2D eigenvalue weighted by atomic mass is 10.2. The number of nitrogens with zero attached hydrogens (tertiary/aromatic N) is 2. The highest BCUT2D eigenvalue weighted by atomic mass is 15.1. The van der Waals surface area contributed by atoms with Gasteiger partial charge in [-0.2, -0.15) is 0 Å². The zero-order valence-electron chi connectivity index (χ0n) is 11.7. The van der Waals surface area contributed by atoms with E-state index in [4.69, 9.17) is 0 Å². The summed E-state index contributed by atoms with van der Waals surface area (Å²) < 4.78 is 0. The molecule has 0 radical (unpaired) electrons. The smallest absolute Gasteiger partial charge is 0.0276 e. The van der Waals surface area contributed by atoms with Crippen LogP contribution in [0.5, 0.6) is 0 Å². The normalized spacial score (nSPS) is 11.8. The fourth-order valence-corrected chi connectivity index (χ4v) is 1.01. The predicted octanol–water partition coefficient (Wildman–Crippen LogP) is 4.07. The monoisotopic (exact) mass is 257 g/mol. The van der Waals surface area contributed by atoms with Gasteiger partial charge in [0.05, 0.1) is 0 Å². The molecule has 0 aliphatic carbocycles. The number of nitrogens with two attached hydrogens (primary N) is 1. The number of hydrogen-bond donors (Lipinski definition) is 1. The number of rotatable bonds is 0. The average molecular weight is 257 g/mol. The van der Waals surface area contributed by atoms with Crippen LogP contribution in [0.25, 0.3) is 0 Å². The molecule has 0 spiro atoms. The molecular formula is C15H35N3. The van der Waals surface area contributed by atoms with E-state index in [0.717, 1.165) is 5.71 Å². The highest BCUT2D eigenvalue weighted by Gasteiger charge is 2.09. The molecule has 0 amide bonds. The van der Waals surface area contributed by atoms with Crippen molar-refractivity contribution in [2.75, 3.05) is 20.6 Å². The van der Waals surface area contributed by atoms with Crippen LogP contribution in [0.4, 0.5) is 0 Å². The maximum atomic E-state index is 4.61. The Bertz CT molecular complexity index is 248. The van der Waals surface area contributed by atoms with Crippen LogP contribution in [0.3, 0.4) is 0 Å². The zero-order chi connectivity index (χ0) is 13.1. The molecule has 0 saturated heterocycles. The molecule has 3 nitrogen and oxygen atoms in total. The first-order valence-electron chi connectivity index (χ1n) is 5.50. The van der Waals surface area contributed by atoms with Gasteiger partial charge >= 0.3 is 0 Å². The molecule has 1 aliphatic heterocycles. The van der Waals surface area contributed by atoms with Crippen molar-refractivity contribution < 1.29 is 0 Å². The van der Waals surface area contributed by atoms with Gasteiger partial charge in [-0.1, -0.05) is 27.0 Å². The standard InChI is InChI=1S/C7H13N.C4H9N.C2H5N.2CH4/c1-6-4-5-8(3)7(6)2;1-4(2)5-3;1-2-3;;/h4-5H2,1-3H3;1-3H3;2H,1,3H2;2*1H4. The summed E-state index contributed by atoms with van der Waals surface area (Å²) in [5.41, 5.74) is 8.75. The van der Waals surface area contributed by atoms with Gasteiger partial charge in [0, 0.05) is 32.0 Å². The van der Waals surface area contributed by atoms with E-state index in [9.17, 15) is 0 Å². The van der Waals surface area contributed by atoms with Crippen LogP contribution in [-0.2, 0) is 0 Å². The zero-order valence-corrected chi connectivity index (χ0v) is 11.7. The van der Waals surface area contributed by atoms with E-state index in [-0.39, 0.29) is 14.9 Å². The molecule has 0 bridgehead atoms. The van der Waals surface area contributed by atoms with Crippen molar-refractivity contribution >= 4 is 5.71 Å². The predicted molar refractivity (Wildman–Crippen MR) is 88.2 cm³/mol. The first kappa shape index (κ1) is 25.6. The van der Waals surface area contributed by atoms with Crippen molar-refractivity contribution in [3.05, 3.63) is 24.0 Å². The number of hydrogen-bond acceptors (Lipinski definition) is 3. The third kappa shape index (κ3) is 14.8. The van der Waals surface area contributed by atoms with Crippen LogP contribution in [0.15, 0.2) is 29.0 Å². The summed E-state index contributed by atoms with van der Waals surface area (Å²) in [7, 11) is 3.93. The van der Waals surface area contributed by atoms with Crippen LogP contribution >= 0.6 is 0 Å². The number of allylic oxidation sites excluding steroid dienone is 1. The van der Waals surface area contributed by atoms with Gasteiger partial charge in [0.2, 0.25) is 0 Å². The topological polar surface area (TPSA) is 41.6 Å². The van der Waals surface area contributed by atoms with E-state index in [2.05, 4.69) is 43.1 Å². The van der Waals surface area contributed by atoms with Crippen LogP contribution in [0.1, 0.15) is 49.0 Å². The third-order valence-corrected chi connectivity index (χ3v) is 2.46. The molecule has 2 N–H and O–H groups in total. The summed E-state index contributed by atoms with van der Waals surface area (Å²) in [4.78, 5) is 6.11. The molecule has 0 aromatic heterocycles. The first-order chi connectivity index (χ1) is 7.40. The van der Waals surface area contributed by atoms with Crippen LogP contribution < -0.4 is 5.73 Å². The number of aliphatic imine (C=N–C) groups is 1. The lowest BCUT2D eigenvalue weighted by Crippen LogP contribution is -2.10. The maximum Gasteiger partial charge on any atom is 0.0276 e. The minimum absolute atomic E-state index is 0. The van der Waals surface area contributed by atoms with E-state index < -0.39 is 0 Å². The van der Waals surface area contributed by atoms with E-state index in [1.54, 1.807) is 12.6 Å². The van der Waals surface area contributed by atoms with Crippen molar-refractivity contribution in [2.24, 2.45) is 10.7 Å². The van der Waals surface area contributed by atoms with Gasteiger partial charge in [0.1, 0.15) is 0 Å². The molecule has 1 aliphatic rings. The molecule has 0 aromatic carbocycles. The van der Waals surface area contributed by atoms with Gasteiger partial charge in [0.15, 0.2) is 0 Å². The van der Waals surface area contributed by atoms with E-state index >= 15 is 0 Å². The lowest BCUT2D eigenvalue weighted by Gasteiger charge is -2.10. The second kappa shape index (κ2) is 15.8. The SMILES string of the molecule is C.C.C=CN.CC1=C(C)N(C)CC1.CN=C(C)C. The Labute approximate surface area is 115 Å². The Morgan fingerprint density at radius 2 is 1.67 bits per heavy atom. The molecule has 0 fully saturated rings. The molecule has 0 saturated carbocycles. The molecule has 0 unspecified atom stereocenters. The molecule has 1 heterocycles. The van der Waals surface area contributed by atoms with Crippen LogP contribution in [0.2, 0.25) is 0 Å². The van der Waals surface area contributed by atoms with Crippen LogP contribution in [0, 0.1) is 0 Å². The van der Waals surface area contributed by atoms with Gasteiger partial charge in [-0.3, -0.25) is 4.99 Å². The summed E-state index contributed by atoms with van der Waals surface area (Å²) in [6.07, 6.45) is 2.52. The minimum Gasteiger partial charge on any atom is -0.405 e. The van der Waals surface area contributed by atoms with Gasteiger partial charge in [-0.15, -0.1) is 0 Å². The Morgan fingerprint density at radius 1 is 1.33 bits per heavy atom. The fraction of sp³-hybridized carbons (Fsp3) is 0.667. The maximum absolute atomic E-state index is 4.61. The Morgan fingerprint density at radius 3 is 1.72 bits per heavy atom. The first-order valence-corrected chi connectivity index (χ1v) is 5.50. The summed E-state index contributed by atoms with van der Waals surface area (Å²) in [6.45, 7) is 12.7. The third-order valence-electron chi connectivity index (χ3n) is 2.46. The van der Waals surface area contributed by atoms with Crippen molar-refractivity contribution in [1.82, 2.24) is 4.90 Å². The molecule has 1 rings (SSSR count). The Hall–Kier alpha value is -1.25. The molecule has 18 heavy (non-hydrogen) atoms. The molecule has 110 valence electrons. The Balaban J connectivity index is -0.0000000869. The lowest BCUT2D eigenvalue weighted by molar-refractivity contribution is 0.460. The van der Waals surface area contributed by atoms with E-state index in [0.29, 0.717) is 0 Å². The molecule has 0 aromatic rings. The summed E-state index contributed by atoms with van der Waals surface area (Å²) in [5.74, 6) is 0. The van der Waals surface area contributed by atoms with Crippen molar-refractivity contribution in [1.29, 1.82) is 0 Å². The Kier molecular flexibility index (Phi) is 22.4. The second-order valence-electron chi connectivity index (χ2n) is 3.94.